The van der Waals surface area contributed by atoms with Gasteiger partial charge in [-0.05, 0) is 73.9 Å². The van der Waals surface area contributed by atoms with Crippen LogP contribution in [0.1, 0.15) is 16.7 Å². The third kappa shape index (κ3) is 10.9. The number of rotatable bonds is 3. The minimum absolute atomic E-state index is 0. The van der Waals surface area contributed by atoms with Crippen molar-refractivity contribution in [2.75, 3.05) is 17.2 Å². The molecular weight excluding hydrogens is 699 g/mol. The van der Waals surface area contributed by atoms with Gasteiger partial charge in [-0.2, -0.15) is 0 Å². The minimum Gasteiger partial charge on any atom is -0.744 e. The molecule has 12 nitrogen and oxygen atoms in total. The maximum atomic E-state index is 10.6. The summed E-state index contributed by atoms with van der Waals surface area (Å²) in [7, 11) is -13.6. The summed E-state index contributed by atoms with van der Waals surface area (Å²) in [6.45, 7) is 5.00. The third-order valence-electron chi connectivity index (χ3n) is 4.68. The van der Waals surface area contributed by atoms with E-state index in [0.29, 0.717) is 16.7 Å². The van der Waals surface area contributed by atoms with Crippen LogP contribution in [0.4, 0.5) is 17.1 Å². The van der Waals surface area contributed by atoms with Crippen LogP contribution in [0.2, 0.25) is 15.1 Å². The molecule has 3 aromatic rings. The Morgan fingerprint density at radius 3 is 0.825 bits per heavy atom. The van der Waals surface area contributed by atoms with Gasteiger partial charge in [-0.3, -0.25) is 0 Å². The van der Waals surface area contributed by atoms with Crippen molar-refractivity contribution in [1.82, 2.24) is 0 Å². The first-order valence-electron chi connectivity index (χ1n) is 10.0. The Morgan fingerprint density at radius 2 is 0.675 bits per heavy atom. The Hall–Kier alpha value is -1.85. The van der Waals surface area contributed by atoms with E-state index < -0.39 is 45.0 Å². The number of anilines is 3. The molecule has 0 spiro atoms. The fourth-order valence-electron chi connectivity index (χ4n) is 2.71. The molecule has 0 heterocycles. The summed E-state index contributed by atoms with van der Waals surface area (Å²) in [5.41, 5.74) is 17.7. The summed E-state index contributed by atoms with van der Waals surface area (Å²) in [5, 5.41) is 0.635. The van der Waals surface area contributed by atoms with Crippen LogP contribution in [0.25, 0.3) is 0 Å². The maximum Gasteiger partial charge on any atom is 3.00 e. The van der Waals surface area contributed by atoms with Crippen molar-refractivity contribution >= 4 is 82.2 Å². The number of halogens is 3. The Kier molecular flexibility index (Phi) is 13.7. The molecule has 0 fully saturated rings. The number of nitrogen functional groups attached to an aromatic ring is 3. The second kappa shape index (κ2) is 14.4. The average molecular weight is 721 g/mol. The summed E-state index contributed by atoms with van der Waals surface area (Å²) in [4.78, 5) is -1.41. The van der Waals surface area contributed by atoms with E-state index in [1.54, 1.807) is 20.8 Å². The Balaban J connectivity index is 0.000000563. The van der Waals surface area contributed by atoms with Gasteiger partial charge in [0.25, 0.3) is 0 Å². The molecule has 0 aliphatic carbocycles. The van der Waals surface area contributed by atoms with Gasteiger partial charge in [0, 0.05) is 32.1 Å². The van der Waals surface area contributed by atoms with Gasteiger partial charge in [-0.25, -0.2) is 25.3 Å². The van der Waals surface area contributed by atoms with Crippen molar-refractivity contribution < 1.29 is 55.4 Å². The molecule has 1 radical (unpaired) electrons. The van der Waals surface area contributed by atoms with Gasteiger partial charge < -0.3 is 30.9 Å². The first kappa shape index (κ1) is 38.2. The van der Waals surface area contributed by atoms with Gasteiger partial charge >= 0.3 is 16.5 Å². The molecule has 3 aromatic carbocycles. The van der Waals surface area contributed by atoms with Gasteiger partial charge in [-0.15, -0.1) is 0 Å². The Bertz CT molecular complexity index is 1530. The van der Waals surface area contributed by atoms with Crippen molar-refractivity contribution in [2.45, 2.75) is 35.5 Å². The molecule has 223 valence electrons. The predicted octanol–water partition coefficient (Wildman–Crippen LogP) is 3.40. The SMILES string of the molecule is Cc1cc(N)c(S(=O)(=O)[O-])cc1Cl.Cc1cc(N)c(S(=O)(=O)[O-])cc1Cl.Cc1cc(N)c(S(=O)(=O)[O-])cc1Cl.[Ni+3]. The molecule has 0 atom stereocenters. The summed E-state index contributed by atoms with van der Waals surface area (Å²) in [5.74, 6) is 0. The molecule has 0 aliphatic rings. The first-order chi connectivity index (χ1) is 17.5. The number of aryl methyl sites for hydroxylation is 3. The molecule has 0 aromatic heterocycles. The quantitative estimate of drug-likeness (QED) is 0.200. The van der Waals surface area contributed by atoms with Crippen molar-refractivity contribution in [3.63, 3.8) is 0 Å². The van der Waals surface area contributed by atoms with Crippen molar-refractivity contribution in [3.05, 3.63) is 68.2 Å². The Morgan fingerprint density at radius 1 is 0.500 bits per heavy atom. The summed E-state index contributed by atoms with van der Waals surface area (Å²) < 4.78 is 95.6. The zero-order valence-electron chi connectivity index (χ0n) is 20.5. The van der Waals surface area contributed by atoms with E-state index in [1.807, 2.05) is 0 Å². The van der Waals surface area contributed by atoms with Crippen LogP contribution < -0.4 is 17.2 Å². The van der Waals surface area contributed by atoms with Crippen LogP contribution in [0.5, 0.6) is 0 Å². The molecule has 19 heteroatoms. The van der Waals surface area contributed by atoms with Gasteiger partial charge in [0.15, 0.2) is 0 Å². The topological polar surface area (TPSA) is 250 Å². The number of nitrogens with two attached hydrogens (primary N) is 3. The summed E-state index contributed by atoms with van der Waals surface area (Å²) in [6.07, 6.45) is 0. The Labute approximate surface area is 257 Å². The molecule has 40 heavy (non-hydrogen) atoms. The number of hydrogen-bond donors (Lipinski definition) is 3. The number of benzene rings is 3. The van der Waals surface area contributed by atoms with E-state index >= 15 is 0 Å². The van der Waals surface area contributed by atoms with Crippen LogP contribution in [0.15, 0.2) is 51.1 Å². The smallest absolute Gasteiger partial charge is 0.744 e. The molecule has 6 N–H and O–H groups in total. The van der Waals surface area contributed by atoms with E-state index in [2.05, 4.69) is 0 Å². The molecular formula is C21H21Cl3N3NiO9S3. The monoisotopic (exact) mass is 718 g/mol. The van der Waals surface area contributed by atoms with Crippen LogP contribution in [0, 0.1) is 20.8 Å². The summed E-state index contributed by atoms with van der Waals surface area (Å²) in [6, 6.07) is 7.25. The third-order valence-corrected chi connectivity index (χ3v) is 8.58. The van der Waals surface area contributed by atoms with Gasteiger partial charge in [-0.1, -0.05) is 34.8 Å². The molecule has 0 amide bonds. The van der Waals surface area contributed by atoms with Crippen LogP contribution in [0.3, 0.4) is 0 Å². The van der Waals surface area contributed by atoms with Crippen LogP contribution in [-0.4, -0.2) is 38.9 Å². The first-order valence-corrected chi connectivity index (χ1v) is 15.4. The molecule has 0 aliphatic heterocycles. The standard InChI is InChI=1S/3C7H8ClNO3S.Ni/c3*1-4-2-6(9)7(3-5(4)8)13(10,11)12;/h3*2-3H,9H2,1H3,(H,10,11,12);/q;;;+3/p-3. The van der Waals surface area contributed by atoms with E-state index in [-0.39, 0.29) is 48.6 Å². The predicted molar refractivity (Wildman–Crippen MR) is 146 cm³/mol. The molecule has 0 unspecified atom stereocenters. The van der Waals surface area contributed by atoms with E-state index in [9.17, 15) is 38.9 Å². The molecule has 0 saturated heterocycles. The van der Waals surface area contributed by atoms with Crippen molar-refractivity contribution in [1.29, 1.82) is 0 Å². The zero-order valence-corrected chi connectivity index (χ0v) is 26.3. The van der Waals surface area contributed by atoms with E-state index in [0.717, 1.165) is 18.2 Å². The van der Waals surface area contributed by atoms with Crippen molar-refractivity contribution in [3.8, 4) is 0 Å². The molecule has 0 saturated carbocycles. The fraction of sp³-hybridized carbons (Fsp3) is 0.143. The number of hydrogen-bond acceptors (Lipinski definition) is 12. The average Bonchev–Trinajstić information content (AvgIpc) is 2.74. The van der Waals surface area contributed by atoms with E-state index in [4.69, 9.17) is 52.0 Å². The van der Waals surface area contributed by atoms with Crippen LogP contribution >= 0.6 is 34.8 Å². The van der Waals surface area contributed by atoms with Gasteiger partial charge in [0.2, 0.25) is 0 Å². The summed E-state index contributed by atoms with van der Waals surface area (Å²) >= 11 is 16.9. The van der Waals surface area contributed by atoms with Crippen molar-refractivity contribution in [2.24, 2.45) is 0 Å². The van der Waals surface area contributed by atoms with Gasteiger partial charge in [0.1, 0.15) is 30.4 Å². The second-order valence-electron chi connectivity index (χ2n) is 7.78. The molecule has 0 bridgehead atoms. The molecule has 3 rings (SSSR count). The minimum atomic E-state index is -4.53. The second-order valence-corrected chi connectivity index (χ2v) is 13.0. The van der Waals surface area contributed by atoms with Gasteiger partial charge in [0.05, 0.1) is 14.7 Å². The normalized spacial score (nSPS) is 11.3. The fourth-order valence-corrected chi connectivity index (χ4v) is 5.22. The van der Waals surface area contributed by atoms with E-state index in [1.165, 1.54) is 18.2 Å². The van der Waals surface area contributed by atoms with Crippen LogP contribution in [-0.2, 0) is 46.8 Å². The maximum absolute atomic E-state index is 10.6. The zero-order chi connectivity index (χ0) is 30.7. The largest absolute Gasteiger partial charge is 3.00 e.